The Hall–Kier alpha value is -3.67. The first-order chi connectivity index (χ1) is 13.9. The van der Waals surface area contributed by atoms with Gasteiger partial charge in [-0.1, -0.05) is 30.3 Å². The van der Waals surface area contributed by atoms with Gasteiger partial charge < -0.3 is 4.74 Å². The number of nitrogens with zero attached hydrogens (tertiary/aromatic N) is 3. The van der Waals surface area contributed by atoms with E-state index in [1.54, 1.807) is 6.20 Å². The van der Waals surface area contributed by atoms with E-state index in [4.69, 9.17) is 4.74 Å². The van der Waals surface area contributed by atoms with Gasteiger partial charge in [0.25, 0.3) is 0 Å². The number of fused-ring (bicyclic) bond motifs is 1. The second kappa shape index (κ2) is 7.39. The predicted octanol–water partition coefficient (Wildman–Crippen LogP) is 5.43. The van der Waals surface area contributed by atoms with Gasteiger partial charge in [0.15, 0.2) is 0 Å². The van der Waals surface area contributed by atoms with Gasteiger partial charge in [-0.05, 0) is 62.2 Å². The van der Waals surface area contributed by atoms with Crippen molar-refractivity contribution >= 4 is 22.8 Å². The maximum Gasteiger partial charge on any atom is 0.413 e. The fourth-order valence-corrected chi connectivity index (χ4v) is 3.06. The van der Waals surface area contributed by atoms with Crippen LogP contribution in [-0.4, -0.2) is 26.5 Å². The summed E-state index contributed by atoms with van der Waals surface area (Å²) in [5.74, 6) is 0.438. The van der Waals surface area contributed by atoms with E-state index in [1.807, 2.05) is 86.2 Å². The Morgan fingerprint density at radius 2 is 1.76 bits per heavy atom. The summed E-state index contributed by atoms with van der Waals surface area (Å²) in [6.45, 7) is 5.46. The van der Waals surface area contributed by atoms with Crippen molar-refractivity contribution in [2.24, 2.45) is 0 Å². The second-order valence-corrected chi connectivity index (χ2v) is 7.72. The van der Waals surface area contributed by atoms with Crippen LogP contribution in [0, 0.1) is 0 Å². The zero-order valence-electron chi connectivity index (χ0n) is 16.6. The summed E-state index contributed by atoms with van der Waals surface area (Å²) in [5.41, 5.74) is 3.38. The molecule has 0 atom stereocenters. The van der Waals surface area contributed by atoms with Gasteiger partial charge in [-0.3, -0.25) is 5.32 Å². The number of aromatic nitrogens is 3. The molecule has 146 valence electrons. The van der Waals surface area contributed by atoms with Gasteiger partial charge in [0.1, 0.15) is 11.4 Å². The van der Waals surface area contributed by atoms with Crippen molar-refractivity contribution in [2.75, 3.05) is 5.32 Å². The molecule has 6 heteroatoms. The highest BCUT2D eigenvalue weighted by molar-refractivity contribution is 5.87. The summed E-state index contributed by atoms with van der Waals surface area (Å²) in [6, 6.07) is 19.9. The van der Waals surface area contributed by atoms with Gasteiger partial charge >= 0.3 is 6.09 Å². The molecular weight excluding hydrogens is 364 g/mol. The first-order valence-corrected chi connectivity index (χ1v) is 9.39. The zero-order chi connectivity index (χ0) is 20.4. The lowest BCUT2D eigenvalue weighted by atomic mass is 10.1. The molecule has 1 N–H and O–H groups in total. The third-order valence-corrected chi connectivity index (χ3v) is 4.29. The number of carbonyl (C=O) groups is 1. The molecule has 0 unspecified atom stereocenters. The van der Waals surface area contributed by atoms with Crippen LogP contribution in [0.15, 0.2) is 73.1 Å². The third-order valence-electron chi connectivity index (χ3n) is 4.29. The van der Waals surface area contributed by atoms with Gasteiger partial charge in [-0.25, -0.2) is 14.5 Å². The van der Waals surface area contributed by atoms with E-state index in [0.29, 0.717) is 5.82 Å². The Morgan fingerprint density at radius 1 is 1.00 bits per heavy atom. The van der Waals surface area contributed by atoms with E-state index in [2.05, 4.69) is 21.5 Å². The van der Waals surface area contributed by atoms with E-state index >= 15 is 0 Å². The lowest BCUT2D eigenvalue weighted by molar-refractivity contribution is 0.0635. The van der Waals surface area contributed by atoms with Gasteiger partial charge in [0, 0.05) is 11.6 Å². The zero-order valence-corrected chi connectivity index (χ0v) is 16.6. The highest BCUT2D eigenvalue weighted by Crippen LogP contribution is 2.27. The molecule has 2 aromatic carbocycles. The van der Waals surface area contributed by atoms with Crippen molar-refractivity contribution in [2.45, 2.75) is 26.4 Å². The molecular formula is C23H22N4O2. The van der Waals surface area contributed by atoms with Crippen LogP contribution in [0.5, 0.6) is 0 Å². The van der Waals surface area contributed by atoms with Crippen LogP contribution < -0.4 is 5.32 Å². The lowest BCUT2D eigenvalue weighted by Crippen LogP contribution is -2.27. The quantitative estimate of drug-likeness (QED) is 0.509. The number of hydrogen-bond donors (Lipinski definition) is 1. The minimum absolute atomic E-state index is 0.438. The highest BCUT2D eigenvalue weighted by Gasteiger charge is 2.16. The van der Waals surface area contributed by atoms with Crippen LogP contribution in [0.2, 0.25) is 0 Å². The number of carbonyl (C=O) groups excluding carboxylic acids is 1. The normalized spacial score (nSPS) is 11.4. The fraction of sp³-hybridized carbons (Fsp3) is 0.174. The number of hydrogen-bond acceptors (Lipinski definition) is 4. The average molecular weight is 386 g/mol. The van der Waals surface area contributed by atoms with Crippen molar-refractivity contribution in [1.29, 1.82) is 0 Å². The van der Waals surface area contributed by atoms with Gasteiger partial charge in [0.2, 0.25) is 0 Å². The lowest BCUT2D eigenvalue weighted by Gasteiger charge is -2.19. The molecule has 2 aromatic heterocycles. The molecule has 0 fully saturated rings. The Balaban J connectivity index is 1.66. The van der Waals surface area contributed by atoms with Gasteiger partial charge in [-0.15, -0.1) is 0 Å². The van der Waals surface area contributed by atoms with E-state index in [-0.39, 0.29) is 0 Å². The molecule has 0 radical (unpaired) electrons. The van der Waals surface area contributed by atoms with E-state index in [9.17, 15) is 4.79 Å². The summed E-state index contributed by atoms with van der Waals surface area (Å²) in [4.78, 5) is 16.3. The molecule has 0 bridgehead atoms. The first-order valence-electron chi connectivity index (χ1n) is 9.39. The number of pyridine rings is 1. The Labute approximate surface area is 169 Å². The van der Waals surface area contributed by atoms with Crippen molar-refractivity contribution in [3.05, 3.63) is 73.1 Å². The van der Waals surface area contributed by atoms with Crippen LogP contribution in [-0.2, 0) is 4.74 Å². The number of ether oxygens (including phenoxy) is 1. The number of anilines is 1. The topological polar surface area (TPSA) is 69.0 Å². The maximum atomic E-state index is 12.0. The van der Waals surface area contributed by atoms with Gasteiger partial charge in [0.05, 0.1) is 17.4 Å². The molecule has 4 aromatic rings. The average Bonchev–Trinajstić information content (AvgIpc) is 3.10. The van der Waals surface area contributed by atoms with Crippen LogP contribution in [0.25, 0.3) is 27.7 Å². The molecule has 0 saturated heterocycles. The monoisotopic (exact) mass is 386 g/mol. The number of nitrogens with one attached hydrogen (secondary N) is 1. The summed E-state index contributed by atoms with van der Waals surface area (Å²) >= 11 is 0. The Kier molecular flexibility index (Phi) is 4.76. The fourth-order valence-electron chi connectivity index (χ4n) is 3.06. The van der Waals surface area contributed by atoms with Gasteiger partial charge in [-0.2, -0.15) is 5.10 Å². The highest BCUT2D eigenvalue weighted by atomic mass is 16.6. The second-order valence-electron chi connectivity index (χ2n) is 7.72. The SMILES string of the molecule is CC(C)(C)OC(=O)Nc1cc(-c2ccc3cnn(-c4ccccc4)c3c2)ccn1. The van der Waals surface area contributed by atoms with Crippen LogP contribution in [0.1, 0.15) is 20.8 Å². The Morgan fingerprint density at radius 3 is 2.52 bits per heavy atom. The summed E-state index contributed by atoms with van der Waals surface area (Å²) < 4.78 is 7.21. The molecule has 0 saturated carbocycles. The number of benzene rings is 2. The smallest absolute Gasteiger partial charge is 0.413 e. The molecule has 0 aliphatic carbocycles. The maximum absolute atomic E-state index is 12.0. The summed E-state index contributed by atoms with van der Waals surface area (Å²) in [6.07, 6.45) is 2.99. The van der Waals surface area contributed by atoms with Crippen LogP contribution in [0.4, 0.5) is 10.6 Å². The first kappa shape index (κ1) is 18.7. The number of rotatable bonds is 3. The summed E-state index contributed by atoms with van der Waals surface area (Å²) in [5, 5.41) is 8.26. The minimum Gasteiger partial charge on any atom is -0.444 e. The largest absolute Gasteiger partial charge is 0.444 e. The van der Waals surface area contributed by atoms with E-state index < -0.39 is 11.7 Å². The standard InChI is InChI=1S/C23H22N4O2/c1-23(2,3)29-22(28)26-21-14-17(11-12-24-21)16-9-10-18-15-25-27(20(18)13-16)19-7-5-4-6-8-19/h4-15H,1-3H3,(H,24,26,28). The van der Waals surface area contributed by atoms with Crippen molar-refractivity contribution in [3.8, 4) is 16.8 Å². The summed E-state index contributed by atoms with van der Waals surface area (Å²) in [7, 11) is 0. The van der Waals surface area contributed by atoms with Crippen molar-refractivity contribution < 1.29 is 9.53 Å². The van der Waals surface area contributed by atoms with Crippen molar-refractivity contribution in [1.82, 2.24) is 14.8 Å². The number of para-hydroxylation sites is 1. The molecule has 0 aliphatic heterocycles. The molecule has 4 rings (SSSR count). The molecule has 0 spiro atoms. The van der Waals surface area contributed by atoms with E-state index in [1.165, 1.54) is 0 Å². The molecule has 29 heavy (non-hydrogen) atoms. The predicted molar refractivity (Wildman–Crippen MR) is 114 cm³/mol. The number of amides is 1. The third kappa shape index (κ3) is 4.27. The molecule has 1 amide bonds. The van der Waals surface area contributed by atoms with E-state index in [0.717, 1.165) is 27.7 Å². The van der Waals surface area contributed by atoms with Crippen LogP contribution >= 0.6 is 0 Å². The molecule has 6 nitrogen and oxygen atoms in total. The Bertz CT molecular complexity index is 1160. The molecule has 2 heterocycles. The minimum atomic E-state index is -0.567. The molecule has 0 aliphatic rings. The van der Waals surface area contributed by atoms with Crippen LogP contribution in [0.3, 0.4) is 0 Å². The van der Waals surface area contributed by atoms with Crippen molar-refractivity contribution in [3.63, 3.8) is 0 Å².